The number of nitrogens with one attached hydrogen (secondary N) is 1. The molecule has 0 aromatic heterocycles. The van der Waals surface area contributed by atoms with Crippen molar-refractivity contribution >= 4 is 11.6 Å². The first-order chi connectivity index (χ1) is 9.13. The van der Waals surface area contributed by atoms with Gasteiger partial charge in [-0.15, -0.1) is 0 Å². The summed E-state index contributed by atoms with van der Waals surface area (Å²) in [4.78, 5) is 11.7. The minimum atomic E-state index is 0.0561. The molecule has 0 atom stereocenters. The average Bonchev–Trinajstić information content (AvgIpc) is 2.38. The van der Waals surface area contributed by atoms with Crippen LogP contribution in [0.5, 0.6) is 5.75 Å². The third-order valence-corrected chi connectivity index (χ3v) is 3.24. The van der Waals surface area contributed by atoms with E-state index in [1.807, 2.05) is 6.92 Å². The Morgan fingerprint density at radius 2 is 1.84 bits per heavy atom. The lowest BCUT2D eigenvalue weighted by molar-refractivity contribution is -0.116. The molecule has 1 rings (SSSR count). The van der Waals surface area contributed by atoms with E-state index in [-0.39, 0.29) is 11.7 Å². The van der Waals surface area contributed by atoms with Crippen molar-refractivity contribution in [2.75, 3.05) is 5.32 Å². The molecule has 0 unspecified atom stereocenters. The quantitative estimate of drug-likeness (QED) is 0.540. The van der Waals surface area contributed by atoms with Crippen LogP contribution in [0.25, 0.3) is 0 Å². The maximum atomic E-state index is 11.7. The van der Waals surface area contributed by atoms with E-state index in [1.54, 1.807) is 18.2 Å². The SMILES string of the molecule is CCCCCCCCC(=O)Nc1ccc(O)c(C)c1. The molecule has 1 aromatic rings. The van der Waals surface area contributed by atoms with Gasteiger partial charge in [0, 0.05) is 12.1 Å². The van der Waals surface area contributed by atoms with E-state index in [1.165, 1.54) is 25.7 Å². The van der Waals surface area contributed by atoms with Crippen molar-refractivity contribution in [3.63, 3.8) is 0 Å². The van der Waals surface area contributed by atoms with Crippen LogP contribution in [0.2, 0.25) is 0 Å². The fourth-order valence-corrected chi connectivity index (χ4v) is 2.02. The molecule has 1 amide bonds. The van der Waals surface area contributed by atoms with Gasteiger partial charge in [-0.1, -0.05) is 39.0 Å². The fraction of sp³-hybridized carbons (Fsp3) is 0.562. The van der Waals surface area contributed by atoms with E-state index >= 15 is 0 Å². The number of aryl methyl sites for hydroxylation is 1. The van der Waals surface area contributed by atoms with Crippen molar-refractivity contribution in [2.24, 2.45) is 0 Å². The van der Waals surface area contributed by atoms with E-state index < -0.39 is 0 Å². The Labute approximate surface area is 116 Å². The number of hydrogen-bond acceptors (Lipinski definition) is 2. The number of unbranched alkanes of at least 4 members (excludes halogenated alkanes) is 5. The van der Waals surface area contributed by atoms with Crippen molar-refractivity contribution in [3.8, 4) is 5.75 Å². The highest BCUT2D eigenvalue weighted by Crippen LogP contribution is 2.20. The van der Waals surface area contributed by atoms with E-state index in [2.05, 4.69) is 12.2 Å². The lowest BCUT2D eigenvalue weighted by Crippen LogP contribution is -2.11. The Kier molecular flexibility index (Phi) is 7.01. The molecule has 3 nitrogen and oxygen atoms in total. The van der Waals surface area contributed by atoms with Gasteiger partial charge in [-0.2, -0.15) is 0 Å². The Hall–Kier alpha value is -1.51. The van der Waals surface area contributed by atoms with Crippen LogP contribution in [0.1, 0.15) is 57.4 Å². The van der Waals surface area contributed by atoms with Gasteiger partial charge in [-0.3, -0.25) is 4.79 Å². The highest BCUT2D eigenvalue weighted by atomic mass is 16.3. The highest BCUT2D eigenvalue weighted by Gasteiger charge is 2.03. The average molecular weight is 263 g/mol. The van der Waals surface area contributed by atoms with Crippen molar-refractivity contribution in [3.05, 3.63) is 23.8 Å². The Balaban J connectivity index is 2.21. The summed E-state index contributed by atoms with van der Waals surface area (Å²) in [6.45, 7) is 4.02. The summed E-state index contributed by atoms with van der Waals surface area (Å²) < 4.78 is 0. The molecule has 2 N–H and O–H groups in total. The molecular formula is C16H25NO2. The molecule has 1 aromatic carbocycles. The monoisotopic (exact) mass is 263 g/mol. The molecule has 0 saturated heterocycles. The maximum absolute atomic E-state index is 11.7. The summed E-state index contributed by atoms with van der Waals surface area (Å²) in [5.41, 5.74) is 1.53. The molecule has 106 valence electrons. The third-order valence-electron chi connectivity index (χ3n) is 3.24. The number of anilines is 1. The summed E-state index contributed by atoms with van der Waals surface area (Å²) in [5, 5.41) is 12.3. The topological polar surface area (TPSA) is 49.3 Å². The number of benzene rings is 1. The summed E-state index contributed by atoms with van der Waals surface area (Å²) in [5.74, 6) is 0.314. The zero-order valence-electron chi connectivity index (χ0n) is 12.0. The van der Waals surface area contributed by atoms with Crippen LogP contribution in [0, 0.1) is 6.92 Å². The second-order valence-electron chi connectivity index (χ2n) is 5.07. The van der Waals surface area contributed by atoms with Crippen LogP contribution in [0.3, 0.4) is 0 Å². The Morgan fingerprint density at radius 3 is 2.53 bits per heavy atom. The molecule has 0 saturated carbocycles. The number of hydrogen-bond donors (Lipinski definition) is 2. The first-order valence-electron chi connectivity index (χ1n) is 7.23. The van der Waals surface area contributed by atoms with Gasteiger partial charge in [0.25, 0.3) is 0 Å². The maximum Gasteiger partial charge on any atom is 0.224 e. The Bertz CT molecular complexity index is 402. The summed E-state index contributed by atoms with van der Waals surface area (Å²) in [6, 6.07) is 5.12. The fourth-order valence-electron chi connectivity index (χ4n) is 2.02. The minimum Gasteiger partial charge on any atom is -0.508 e. The van der Waals surface area contributed by atoms with Crippen LogP contribution >= 0.6 is 0 Å². The second-order valence-corrected chi connectivity index (χ2v) is 5.07. The van der Waals surface area contributed by atoms with Gasteiger partial charge in [0.2, 0.25) is 5.91 Å². The lowest BCUT2D eigenvalue weighted by Gasteiger charge is -2.07. The van der Waals surface area contributed by atoms with Gasteiger partial charge in [0.05, 0.1) is 0 Å². The number of carbonyl (C=O) groups excluding carboxylic acids is 1. The van der Waals surface area contributed by atoms with Gasteiger partial charge in [-0.25, -0.2) is 0 Å². The second kappa shape index (κ2) is 8.57. The van der Waals surface area contributed by atoms with Crippen molar-refractivity contribution in [2.45, 2.75) is 58.8 Å². The third kappa shape index (κ3) is 6.27. The first kappa shape index (κ1) is 15.5. The zero-order valence-corrected chi connectivity index (χ0v) is 12.0. The molecule has 0 aliphatic rings. The zero-order chi connectivity index (χ0) is 14.1. The number of carbonyl (C=O) groups is 1. The predicted molar refractivity (Wildman–Crippen MR) is 79.5 cm³/mol. The number of phenolic OH excluding ortho intramolecular Hbond substituents is 1. The Morgan fingerprint density at radius 1 is 1.16 bits per heavy atom. The molecule has 0 bridgehead atoms. The minimum absolute atomic E-state index is 0.0561. The van der Waals surface area contributed by atoms with Crippen LogP contribution in [-0.2, 0) is 4.79 Å². The summed E-state index contributed by atoms with van der Waals surface area (Å²) in [7, 11) is 0. The number of aromatic hydroxyl groups is 1. The van der Waals surface area contributed by atoms with E-state index in [4.69, 9.17) is 0 Å². The van der Waals surface area contributed by atoms with Crippen LogP contribution in [0.4, 0.5) is 5.69 Å². The molecule has 19 heavy (non-hydrogen) atoms. The molecule has 3 heteroatoms. The van der Waals surface area contributed by atoms with Gasteiger partial charge in [0.1, 0.15) is 5.75 Å². The molecular weight excluding hydrogens is 238 g/mol. The van der Waals surface area contributed by atoms with E-state index in [0.717, 1.165) is 24.1 Å². The highest BCUT2D eigenvalue weighted by molar-refractivity contribution is 5.90. The van der Waals surface area contributed by atoms with Crippen molar-refractivity contribution < 1.29 is 9.90 Å². The van der Waals surface area contributed by atoms with E-state index in [0.29, 0.717) is 6.42 Å². The number of rotatable bonds is 8. The van der Waals surface area contributed by atoms with Crippen LogP contribution in [-0.4, -0.2) is 11.0 Å². The van der Waals surface area contributed by atoms with Gasteiger partial charge >= 0.3 is 0 Å². The first-order valence-corrected chi connectivity index (χ1v) is 7.23. The van der Waals surface area contributed by atoms with Crippen LogP contribution < -0.4 is 5.32 Å². The predicted octanol–water partition coefficient (Wildman–Crippen LogP) is 4.39. The smallest absolute Gasteiger partial charge is 0.224 e. The normalized spacial score (nSPS) is 10.4. The van der Waals surface area contributed by atoms with Gasteiger partial charge in [-0.05, 0) is 37.1 Å². The summed E-state index contributed by atoms with van der Waals surface area (Å²) in [6.07, 6.45) is 7.69. The summed E-state index contributed by atoms with van der Waals surface area (Å²) >= 11 is 0. The molecule has 0 heterocycles. The lowest BCUT2D eigenvalue weighted by atomic mass is 10.1. The van der Waals surface area contributed by atoms with E-state index in [9.17, 15) is 9.90 Å². The van der Waals surface area contributed by atoms with Gasteiger partial charge in [0.15, 0.2) is 0 Å². The van der Waals surface area contributed by atoms with Gasteiger partial charge < -0.3 is 10.4 Å². The molecule has 0 radical (unpaired) electrons. The number of amides is 1. The molecule has 0 aliphatic carbocycles. The number of phenols is 1. The molecule has 0 fully saturated rings. The standard InChI is InChI=1S/C16H25NO2/c1-3-4-5-6-7-8-9-16(19)17-14-10-11-15(18)13(2)12-14/h10-12,18H,3-9H2,1-2H3,(H,17,19). The van der Waals surface area contributed by atoms with Crippen LogP contribution in [0.15, 0.2) is 18.2 Å². The largest absolute Gasteiger partial charge is 0.508 e. The van der Waals surface area contributed by atoms with Crippen molar-refractivity contribution in [1.82, 2.24) is 0 Å². The molecule has 0 aliphatic heterocycles. The van der Waals surface area contributed by atoms with Crippen molar-refractivity contribution in [1.29, 1.82) is 0 Å². The molecule has 0 spiro atoms.